The molecule has 1 fully saturated rings. The molecule has 1 aliphatic heterocycles. The van der Waals surface area contributed by atoms with Gasteiger partial charge in [0.15, 0.2) is 5.17 Å². The van der Waals surface area contributed by atoms with Gasteiger partial charge in [-0.2, -0.15) is 0 Å². The molecule has 0 saturated carbocycles. The molecule has 1 atom stereocenters. The SMILES string of the molecule is CN=C(Nc1cccc(F)c1)S[C@@H]1CC(=O)N(c2ccc(C(=O)[O-])cc2)C1=O. The third-order valence-corrected chi connectivity index (χ3v) is 5.16. The number of benzene rings is 2. The van der Waals surface area contributed by atoms with Crippen molar-refractivity contribution in [3.8, 4) is 0 Å². The number of nitrogens with zero attached hydrogens (tertiary/aromatic N) is 2. The monoisotopic (exact) mass is 400 g/mol. The molecule has 28 heavy (non-hydrogen) atoms. The molecular weight excluding hydrogens is 385 g/mol. The number of rotatable bonds is 4. The van der Waals surface area contributed by atoms with Gasteiger partial charge in [0, 0.05) is 19.2 Å². The number of hydrogen-bond donors (Lipinski definition) is 1. The quantitative estimate of drug-likeness (QED) is 0.476. The molecular formula is C19H15FN3O4S-. The lowest BCUT2D eigenvalue weighted by atomic mass is 10.2. The maximum absolute atomic E-state index is 13.3. The number of nitrogens with one attached hydrogen (secondary N) is 1. The van der Waals surface area contributed by atoms with E-state index in [1.165, 1.54) is 49.5 Å². The second kappa shape index (κ2) is 8.22. The summed E-state index contributed by atoms with van der Waals surface area (Å²) in [6.45, 7) is 0. The summed E-state index contributed by atoms with van der Waals surface area (Å²) in [5.41, 5.74) is 0.712. The summed E-state index contributed by atoms with van der Waals surface area (Å²) in [6, 6.07) is 11.1. The van der Waals surface area contributed by atoms with E-state index >= 15 is 0 Å². The van der Waals surface area contributed by atoms with Crippen molar-refractivity contribution in [2.24, 2.45) is 4.99 Å². The molecule has 1 heterocycles. The number of carbonyl (C=O) groups is 3. The molecule has 3 rings (SSSR count). The number of carboxylic acids is 1. The van der Waals surface area contributed by atoms with E-state index in [0.717, 1.165) is 16.7 Å². The third-order valence-electron chi connectivity index (χ3n) is 4.00. The second-order valence-electron chi connectivity index (χ2n) is 5.88. The summed E-state index contributed by atoms with van der Waals surface area (Å²) in [7, 11) is 1.52. The zero-order valence-electron chi connectivity index (χ0n) is 14.7. The molecule has 0 aliphatic carbocycles. The van der Waals surface area contributed by atoms with Crippen molar-refractivity contribution in [1.29, 1.82) is 0 Å². The fourth-order valence-electron chi connectivity index (χ4n) is 2.68. The highest BCUT2D eigenvalue weighted by molar-refractivity contribution is 8.15. The summed E-state index contributed by atoms with van der Waals surface area (Å²) in [6.07, 6.45) is -0.0322. The topological polar surface area (TPSA) is 102 Å². The number of carbonyl (C=O) groups excluding carboxylic acids is 3. The van der Waals surface area contributed by atoms with Gasteiger partial charge < -0.3 is 15.2 Å². The number of amidine groups is 1. The predicted octanol–water partition coefficient (Wildman–Crippen LogP) is 1.65. The first-order valence-corrected chi connectivity index (χ1v) is 9.11. The lowest BCUT2D eigenvalue weighted by Crippen LogP contribution is -2.32. The standard InChI is InChI=1S/C19H16FN3O4S/c1-21-19(22-13-4-2-3-12(20)9-13)28-15-10-16(24)23(17(15)25)14-7-5-11(6-8-14)18(26)27/h2-9,15H,10H2,1H3,(H,21,22)(H,26,27)/p-1/t15-/m1/s1. The average Bonchev–Trinajstić information content (AvgIpc) is 2.94. The molecule has 0 bridgehead atoms. The van der Waals surface area contributed by atoms with Gasteiger partial charge in [-0.15, -0.1) is 0 Å². The van der Waals surface area contributed by atoms with Crippen LogP contribution in [-0.4, -0.2) is 35.2 Å². The molecule has 144 valence electrons. The fraction of sp³-hybridized carbons (Fsp3) is 0.158. The molecule has 0 aromatic heterocycles. The third kappa shape index (κ3) is 4.20. The van der Waals surface area contributed by atoms with Crippen molar-refractivity contribution >= 4 is 46.1 Å². The van der Waals surface area contributed by atoms with Gasteiger partial charge in [0.05, 0.1) is 11.7 Å². The number of aromatic carboxylic acids is 1. The largest absolute Gasteiger partial charge is 0.545 e. The Bertz CT molecular complexity index is 962. The van der Waals surface area contributed by atoms with Gasteiger partial charge in [0.25, 0.3) is 0 Å². The predicted molar refractivity (Wildman–Crippen MR) is 103 cm³/mol. The molecule has 0 radical (unpaired) electrons. The number of anilines is 2. The zero-order valence-corrected chi connectivity index (χ0v) is 15.5. The van der Waals surface area contributed by atoms with E-state index in [9.17, 15) is 23.9 Å². The Labute approximate surface area is 164 Å². The molecule has 2 amide bonds. The highest BCUT2D eigenvalue weighted by atomic mass is 32.2. The van der Waals surface area contributed by atoms with Crippen LogP contribution in [0.1, 0.15) is 16.8 Å². The Hall–Kier alpha value is -3.20. The first kappa shape index (κ1) is 19.6. The van der Waals surface area contributed by atoms with Crippen molar-refractivity contribution in [1.82, 2.24) is 0 Å². The van der Waals surface area contributed by atoms with Gasteiger partial charge in [0.2, 0.25) is 11.8 Å². The van der Waals surface area contributed by atoms with Gasteiger partial charge in [0.1, 0.15) is 11.1 Å². The van der Waals surface area contributed by atoms with Crippen LogP contribution >= 0.6 is 11.8 Å². The van der Waals surface area contributed by atoms with E-state index in [2.05, 4.69) is 10.3 Å². The van der Waals surface area contributed by atoms with E-state index in [1.807, 2.05) is 0 Å². The number of carboxylic acid groups (broad SMARTS) is 1. The van der Waals surface area contributed by atoms with E-state index in [4.69, 9.17) is 0 Å². The second-order valence-corrected chi connectivity index (χ2v) is 7.07. The summed E-state index contributed by atoms with van der Waals surface area (Å²) in [5.74, 6) is -2.58. The van der Waals surface area contributed by atoms with Crippen molar-refractivity contribution < 1.29 is 23.9 Å². The molecule has 9 heteroatoms. The normalized spacial score (nSPS) is 17.1. The molecule has 2 aromatic carbocycles. The minimum absolute atomic E-state index is 0.0322. The van der Waals surface area contributed by atoms with Crippen LogP contribution in [0.15, 0.2) is 53.5 Å². The van der Waals surface area contributed by atoms with Crippen molar-refractivity contribution in [2.45, 2.75) is 11.7 Å². The average molecular weight is 400 g/mol. The van der Waals surface area contributed by atoms with E-state index in [-0.39, 0.29) is 17.7 Å². The van der Waals surface area contributed by atoms with Gasteiger partial charge in [-0.1, -0.05) is 30.0 Å². The number of halogens is 1. The summed E-state index contributed by atoms with van der Waals surface area (Å²) >= 11 is 1.07. The summed E-state index contributed by atoms with van der Waals surface area (Å²) in [4.78, 5) is 41.0. The zero-order chi connectivity index (χ0) is 20.3. The van der Waals surface area contributed by atoms with Crippen LogP contribution in [0.5, 0.6) is 0 Å². The minimum Gasteiger partial charge on any atom is -0.545 e. The summed E-state index contributed by atoms with van der Waals surface area (Å²) in [5, 5.41) is 13.4. The van der Waals surface area contributed by atoms with Gasteiger partial charge in [-0.05, 0) is 35.9 Å². The van der Waals surface area contributed by atoms with Crippen LogP contribution < -0.4 is 15.3 Å². The van der Waals surface area contributed by atoms with Crippen LogP contribution in [0.2, 0.25) is 0 Å². The maximum Gasteiger partial charge on any atom is 0.247 e. The van der Waals surface area contributed by atoms with Crippen molar-refractivity contribution in [2.75, 3.05) is 17.3 Å². The minimum atomic E-state index is -1.34. The highest BCUT2D eigenvalue weighted by Crippen LogP contribution is 2.31. The molecule has 0 unspecified atom stereocenters. The smallest absolute Gasteiger partial charge is 0.247 e. The molecule has 7 nitrogen and oxygen atoms in total. The van der Waals surface area contributed by atoms with Crippen LogP contribution in [0, 0.1) is 5.82 Å². The number of aliphatic imine (C=N–C) groups is 1. The lowest BCUT2D eigenvalue weighted by molar-refractivity contribution is -0.255. The molecule has 2 aromatic rings. The number of thioether (sulfide) groups is 1. The van der Waals surface area contributed by atoms with Crippen molar-refractivity contribution in [3.63, 3.8) is 0 Å². The highest BCUT2D eigenvalue weighted by Gasteiger charge is 2.40. The van der Waals surface area contributed by atoms with E-state index in [1.54, 1.807) is 6.07 Å². The number of imide groups is 1. The Morgan fingerprint density at radius 2 is 1.96 bits per heavy atom. The first-order chi connectivity index (χ1) is 13.4. The Balaban J connectivity index is 1.72. The van der Waals surface area contributed by atoms with E-state index in [0.29, 0.717) is 10.9 Å². The molecule has 0 spiro atoms. The van der Waals surface area contributed by atoms with Gasteiger partial charge in [-0.3, -0.25) is 14.6 Å². The van der Waals surface area contributed by atoms with Gasteiger partial charge in [-0.25, -0.2) is 9.29 Å². The van der Waals surface area contributed by atoms with Crippen molar-refractivity contribution in [3.05, 3.63) is 59.9 Å². The number of hydrogen-bond acceptors (Lipinski definition) is 6. The van der Waals surface area contributed by atoms with Crippen LogP contribution in [-0.2, 0) is 9.59 Å². The first-order valence-electron chi connectivity index (χ1n) is 8.23. The lowest BCUT2D eigenvalue weighted by Gasteiger charge is -2.16. The van der Waals surface area contributed by atoms with Crippen LogP contribution in [0.3, 0.4) is 0 Å². The van der Waals surface area contributed by atoms with Crippen LogP contribution in [0.4, 0.5) is 15.8 Å². The Morgan fingerprint density at radius 1 is 1.25 bits per heavy atom. The molecule has 1 aliphatic rings. The van der Waals surface area contributed by atoms with E-state index < -0.39 is 28.9 Å². The van der Waals surface area contributed by atoms with Gasteiger partial charge >= 0.3 is 0 Å². The fourth-order valence-corrected chi connectivity index (χ4v) is 3.66. The van der Waals surface area contributed by atoms with Crippen LogP contribution in [0.25, 0.3) is 0 Å². The number of amides is 2. The molecule has 1 saturated heterocycles. The Morgan fingerprint density at radius 3 is 2.57 bits per heavy atom. The Kier molecular flexibility index (Phi) is 5.74. The summed E-state index contributed by atoms with van der Waals surface area (Å²) < 4.78 is 13.3. The maximum atomic E-state index is 13.3. The molecule has 1 N–H and O–H groups in total.